The molecule has 1 saturated heterocycles. The van der Waals surface area contributed by atoms with Gasteiger partial charge < -0.3 is 4.52 Å². The molecule has 0 aromatic carbocycles. The summed E-state index contributed by atoms with van der Waals surface area (Å²) in [7, 11) is 0. The van der Waals surface area contributed by atoms with E-state index in [1.165, 1.54) is 4.90 Å². The van der Waals surface area contributed by atoms with Crippen molar-refractivity contribution >= 4 is 11.8 Å². The first-order valence-corrected chi connectivity index (χ1v) is 7.65. The summed E-state index contributed by atoms with van der Waals surface area (Å²) in [5, 5.41) is 3.87. The van der Waals surface area contributed by atoms with Crippen LogP contribution in [0, 0.1) is 5.41 Å². The summed E-state index contributed by atoms with van der Waals surface area (Å²) in [5.74, 6) is 0.906. The Balaban J connectivity index is 1.71. The number of hydrogen-bond donors (Lipinski definition) is 0. The molecule has 21 heavy (non-hydrogen) atoms. The average Bonchev–Trinajstić information content (AvgIpc) is 3.04. The second-order valence-corrected chi connectivity index (χ2v) is 6.64. The number of nitrogens with zero attached hydrogens (tertiary/aromatic N) is 3. The molecular weight excluding hydrogens is 270 g/mol. The van der Waals surface area contributed by atoms with E-state index in [1.54, 1.807) is 0 Å². The minimum atomic E-state index is -0.0996. The van der Waals surface area contributed by atoms with E-state index in [0.29, 0.717) is 24.6 Å². The van der Waals surface area contributed by atoms with Crippen LogP contribution in [-0.2, 0) is 16.1 Å². The molecule has 1 spiro atoms. The minimum Gasteiger partial charge on any atom is -0.337 e. The SMILES string of the molecule is CC(C)c1noc(CN2C(=O)CC3(CCCC3)CC2=O)n1. The number of aromatic nitrogens is 2. The maximum atomic E-state index is 12.3. The molecular formula is C15H21N3O3. The van der Waals surface area contributed by atoms with Crippen LogP contribution in [0.25, 0.3) is 0 Å². The van der Waals surface area contributed by atoms with Crippen LogP contribution in [0.15, 0.2) is 4.52 Å². The predicted molar refractivity (Wildman–Crippen MR) is 74.1 cm³/mol. The van der Waals surface area contributed by atoms with Crippen LogP contribution in [0.4, 0.5) is 0 Å². The third-order valence-electron chi connectivity index (χ3n) is 4.61. The molecule has 2 amide bonds. The molecule has 0 radical (unpaired) electrons. The van der Waals surface area contributed by atoms with Crippen LogP contribution in [0.3, 0.4) is 0 Å². The van der Waals surface area contributed by atoms with E-state index >= 15 is 0 Å². The summed E-state index contributed by atoms with van der Waals surface area (Å²) in [4.78, 5) is 30.2. The van der Waals surface area contributed by atoms with Crippen molar-refractivity contribution in [2.45, 2.75) is 64.8 Å². The molecule has 2 fully saturated rings. The topological polar surface area (TPSA) is 76.3 Å². The molecule has 2 aliphatic rings. The van der Waals surface area contributed by atoms with Gasteiger partial charge >= 0.3 is 0 Å². The third-order valence-corrected chi connectivity index (χ3v) is 4.61. The maximum Gasteiger partial charge on any atom is 0.246 e. The Morgan fingerprint density at radius 3 is 2.33 bits per heavy atom. The molecule has 0 unspecified atom stereocenters. The Bertz CT molecular complexity index is 538. The lowest BCUT2D eigenvalue weighted by Gasteiger charge is -2.36. The Kier molecular flexibility index (Phi) is 3.55. The predicted octanol–water partition coefficient (Wildman–Crippen LogP) is 2.40. The lowest BCUT2D eigenvalue weighted by atomic mass is 9.76. The molecule has 1 aliphatic carbocycles. The van der Waals surface area contributed by atoms with Crippen molar-refractivity contribution in [2.24, 2.45) is 5.41 Å². The first kappa shape index (κ1) is 14.2. The number of piperidine rings is 1. The van der Waals surface area contributed by atoms with E-state index in [-0.39, 0.29) is 29.7 Å². The molecule has 114 valence electrons. The molecule has 0 atom stereocenters. The van der Waals surface area contributed by atoms with Crippen LogP contribution in [0.1, 0.15) is 70.0 Å². The van der Waals surface area contributed by atoms with Gasteiger partial charge in [-0.25, -0.2) is 0 Å². The van der Waals surface area contributed by atoms with Gasteiger partial charge in [0.1, 0.15) is 6.54 Å². The lowest BCUT2D eigenvalue weighted by Crippen LogP contribution is -2.46. The Morgan fingerprint density at radius 2 is 1.81 bits per heavy atom. The van der Waals surface area contributed by atoms with E-state index in [4.69, 9.17) is 4.52 Å². The van der Waals surface area contributed by atoms with Crippen LogP contribution in [0.5, 0.6) is 0 Å². The summed E-state index contributed by atoms with van der Waals surface area (Å²) >= 11 is 0. The number of hydrogen-bond acceptors (Lipinski definition) is 5. The van der Waals surface area contributed by atoms with Crippen molar-refractivity contribution in [2.75, 3.05) is 0 Å². The van der Waals surface area contributed by atoms with E-state index in [2.05, 4.69) is 10.1 Å². The largest absolute Gasteiger partial charge is 0.337 e. The Hall–Kier alpha value is -1.72. The third kappa shape index (κ3) is 2.71. The standard InChI is InChI=1S/C15H21N3O3/c1-10(2)14-16-11(21-17-14)9-18-12(19)7-15(8-13(18)20)5-3-4-6-15/h10H,3-9H2,1-2H3. The fourth-order valence-corrected chi connectivity index (χ4v) is 3.39. The van der Waals surface area contributed by atoms with Gasteiger partial charge in [0.15, 0.2) is 5.82 Å². The molecule has 6 nitrogen and oxygen atoms in total. The van der Waals surface area contributed by atoms with Gasteiger partial charge in [-0.2, -0.15) is 4.98 Å². The van der Waals surface area contributed by atoms with Gasteiger partial charge in [-0.05, 0) is 18.3 Å². The summed E-state index contributed by atoms with van der Waals surface area (Å²) in [6.45, 7) is 4.04. The van der Waals surface area contributed by atoms with Crippen molar-refractivity contribution in [3.05, 3.63) is 11.7 Å². The van der Waals surface area contributed by atoms with Crippen molar-refractivity contribution in [1.29, 1.82) is 0 Å². The van der Waals surface area contributed by atoms with Gasteiger partial charge in [-0.15, -0.1) is 0 Å². The zero-order valence-corrected chi connectivity index (χ0v) is 12.6. The molecule has 1 aromatic rings. The molecule has 6 heteroatoms. The zero-order valence-electron chi connectivity index (χ0n) is 12.6. The minimum absolute atomic E-state index is 0.0669. The van der Waals surface area contributed by atoms with Gasteiger partial charge in [-0.1, -0.05) is 31.8 Å². The van der Waals surface area contributed by atoms with Crippen molar-refractivity contribution in [1.82, 2.24) is 15.0 Å². The fraction of sp³-hybridized carbons (Fsp3) is 0.733. The summed E-state index contributed by atoms with van der Waals surface area (Å²) < 4.78 is 5.14. The normalized spacial score (nSPS) is 21.8. The highest BCUT2D eigenvalue weighted by atomic mass is 16.5. The quantitative estimate of drug-likeness (QED) is 0.799. The van der Waals surface area contributed by atoms with E-state index < -0.39 is 0 Å². The monoisotopic (exact) mass is 291 g/mol. The molecule has 0 bridgehead atoms. The van der Waals surface area contributed by atoms with E-state index in [0.717, 1.165) is 25.7 Å². The number of amides is 2. The zero-order chi connectivity index (χ0) is 15.0. The van der Waals surface area contributed by atoms with Gasteiger partial charge in [0, 0.05) is 18.8 Å². The number of rotatable bonds is 3. The van der Waals surface area contributed by atoms with E-state index in [1.807, 2.05) is 13.8 Å². The Morgan fingerprint density at radius 1 is 1.19 bits per heavy atom. The highest BCUT2D eigenvalue weighted by Gasteiger charge is 2.45. The van der Waals surface area contributed by atoms with Gasteiger partial charge in [0.25, 0.3) is 0 Å². The van der Waals surface area contributed by atoms with Crippen molar-refractivity contribution in [3.8, 4) is 0 Å². The molecule has 1 aromatic heterocycles. The van der Waals surface area contributed by atoms with Crippen LogP contribution in [0.2, 0.25) is 0 Å². The second kappa shape index (κ2) is 5.24. The number of likely N-dealkylation sites (tertiary alicyclic amines) is 1. The van der Waals surface area contributed by atoms with Gasteiger partial charge in [-0.3, -0.25) is 14.5 Å². The number of carbonyl (C=O) groups is 2. The summed E-state index contributed by atoms with van der Waals surface area (Å²) in [6, 6.07) is 0. The number of imide groups is 1. The molecule has 1 saturated carbocycles. The fourth-order valence-electron chi connectivity index (χ4n) is 3.39. The molecule has 0 N–H and O–H groups in total. The van der Waals surface area contributed by atoms with Gasteiger partial charge in [0.2, 0.25) is 17.7 Å². The van der Waals surface area contributed by atoms with Crippen LogP contribution < -0.4 is 0 Å². The van der Waals surface area contributed by atoms with Crippen LogP contribution >= 0.6 is 0 Å². The first-order chi connectivity index (χ1) is 9.99. The summed E-state index contributed by atoms with van der Waals surface area (Å²) in [5.41, 5.74) is -0.0669. The van der Waals surface area contributed by atoms with Crippen molar-refractivity contribution in [3.63, 3.8) is 0 Å². The summed E-state index contributed by atoms with van der Waals surface area (Å²) in [6.07, 6.45) is 5.20. The van der Waals surface area contributed by atoms with Gasteiger partial charge in [0.05, 0.1) is 0 Å². The van der Waals surface area contributed by atoms with Crippen molar-refractivity contribution < 1.29 is 14.1 Å². The second-order valence-electron chi connectivity index (χ2n) is 6.64. The Labute approximate surface area is 123 Å². The number of carbonyl (C=O) groups excluding carboxylic acids is 2. The molecule has 3 rings (SSSR count). The highest BCUT2D eigenvalue weighted by molar-refractivity contribution is 5.98. The average molecular weight is 291 g/mol. The van der Waals surface area contributed by atoms with Crippen LogP contribution in [-0.4, -0.2) is 26.9 Å². The molecule has 1 aliphatic heterocycles. The lowest BCUT2D eigenvalue weighted by molar-refractivity contribution is -0.154. The van der Waals surface area contributed by atoms with E-state index in [9.17, 15) is 9.59 Å². The maximum absolute atomic E-state index is 12.3. The smallest absolute Gasteiger partial charge is 0.246 e. The highest BCUT2D eigenvalue weighted by Crippen LogP contribution is 2.47. The first-order valence-electron chi connectivity index (χ1n) is 7.65. The molecule has 2 heterocycles.